The van der Waals surface area contributed by atoms with E-state index in [1.165, 1.54) is 0 Å². The van der Waals surface area contributed by atoms with Crippen molar-refractivity contribution in [3.05, 3.63) is 16.4 Å². The molecule has 0 saturated carbocycles. The lowest BCUT2D eigenvalue weighted by atomic mass is 10.1. The molecule has 1 aromatic rings. The average Bonchev–Trinajstić information content (AvgIpc) is 2.58. The van der Waals surface area contributed by atoms with E-state index in [1.54, 1.807) is 0 Å². The van der Waals surface area contributed by atoms with E-state index in [9.17, 15) is 4.79 Å². The molecule has 2 rings (SSSR count). The smallest absolute Gasteiger partial charge is 0.392 e. The van der Waals surface area contributed by atoms with Gasteiger partial charge in [-0.05, 0) is 13.3 Å². The maximum Gasteiger partial charge on any atom is 0.434 e. The predicted molar refractivity (Wildman–Crippen MR) is 39.9 cm³/mol. The molecule has 1 aromatic heterocycles. The summed E-state index contributed by atoms with van der Waals surface area (Å²) in [6.45, 7) is 2.58. The summed E-state index contributed by atoms with van der Waals surface area (Å²) in [6.07, 6.45) is 1.10. The molecule has 66 valence electrons. The van der Waals surface area contributed by atoms with E-state index in [-0.39, 0.29) is 12.0 Å². The molecule has 0 radical (unpaired) electrons. The van der Waals surface area contributed by atoms with Crippen LogP contribution < -0.4 is 5.76 Å². The number of hydrogen-bond acceptors (Lipinski definition) is 4. The summed E-state index contributed by atoms with van der Waals surface area (Å²) < 4.78 is 10.1. The normalized spacial score (nSPS) is 29.4. The quantitative estimate of drug-likeness (QED) is 0.656. The Hall–Kier alpha value is -1.10. The van der Waals surface area contributed by atoms with Crippen LogP contribution in [0, 0.1) is 0 Å². The van der Waals surface area contributed by atoms with E-state index >= 15 is 0 Å². The van der Waals surface area contributed by atoms with Crippen molar-refractivity contribution in [2.75, 3.05) is 6.61 Å². The van der Waals surface area contributed by atoms with E-state index in [1.807, 2.05) is 6.92 Å². The minimum Gasteiger partial charge on any atom is -0.392 e. The molecule has 0 amide bonds. The Morgan fingerprint density at radius 2 is 2.50 bits per heavy atom. The monoisotopic (exact) mass is 170 g/mol. The summed E-state index contributed by atoms with van der Waals surface area (Å²) in [5.74, 6) is 0.104. The second kappa shape index (κ2) is 2.75. The zero-order chi connectivity index (χ0) is 8.55. The maximum atomic E-state index is 10.6. The fourth-order valence-corrected chi connectivity index (χ4v) is 1.41. The van der Waals surface area contributed by atoms with Gasteiger partial charge in [-0.2, -0.15) is 0 Å². The first-order valence-electron chi connectivity index (χ1n) is 3.92. The molecular formula is C7H10N2O3. The lowest BCUT2D eigenvalue weighted by Crippen LogP contribution is -1.98. The van der Waals surface area contributed by atoms with Gasteiger partial charge in [0.15, 0.2) is 0 Å². The summed E-state index contributed by atoms with van der Waals surface area (Å²) in [4.78, 5) is 10.6. The number of nitrogens with one attached hydrogen (secondary N) is 1. The van der Waals surface area contributed by atoms with Gasteiger partial charge < -0.3 is 9.15 Å². The third-order valence-electron chi connectivity index (χ3n) is 2.00. The molecule has 1 N–H and O–H groups in total. The van der Waals surface area contributed by atoms with E-state index in [0.717, 1.165) is 6.42 Å². The fraction of sp³-hybridized carbons (Fsp3) is 0.714. The highest BCUT2D eigenvalue weighted by Gasteiger charge is 2.27. The average molecular weight is 170 g/mol. The Bertz CT molecular complexity index is 316. The van der Waals surface area contributed by atoms with Crippen LogP contribution in [0.5, 0.6) is 0 Å². The van der Waals surface area contributed by atoms with Crippen molar-refractivity contribution in [3.8, 4) is 0 Å². The lowest BCUT2D eigenvalue weighted by Gasteiger charge is -1.97. The zero-order valence-corrected chi connectivity index (χ0v) is 6.74. The molecule has 5 nitrogen and oxygen atoms in total. The van der Waals surface area contributed by atoms with Gasteiger partial charge in [0.2, 0.25) is 5.89 Å². The molecule has 2 atom stereocenters. The highest BCUT2D eigenvalue weighted by Crippen LogP contribution is 2.26. The molecule has 1 saturated heterocycles. The molecule has 12 heavy (non-hydrogen) atoms. The molecular weight excluding hydrogens is 160 g/mol. The molecule has 1 fully saturated rings. The van der Waals surface area contributed by atoms with E-state index in [4.69, 9.17) is 9.15 Å². The molecule has 0 aliphatic carbocycles. The second-order valence-corrected chi connectivity index (χ2v) is 3.03. The largest absolute Gasteiger partial charge is 0.434 e. The minimum absolute atomic E-state index is 0.138. The number of ether oxygens (including phenoxy) is 1. The summed E-state index contributed by atoms with van der Waals surface area (Å²) >= 11 is 0. The van der Waals surface area contributed by atoms with E-state index in [2.05, 4.69) is 10.2 Å². The molecule has 1 aliphatic rings. The van der Waals surface area contributed by atoms with Crippen molar-refractivity contribution in [2.24, 2.45) is 0 Å². The highest BCUT2D eigenvalue weighted by atomic mass is 16.5. The zero-order valence-electron chi connectivity index (χ0n) is 6.74. The van der Waals surface area contributed by atoms with E-state index in [0.29, 0.717) is 12.5 Å². The van der Waals surface area contributed by atoms with E-state index < -0.39 is 5.76 Å². The first kappa shape index (κ1) is 7.54. The van der Waals surface area contributed by atoms with Crippen molar-refractivity contribution < 1.29 is 9.15 Å². The highest BCUT2D eigenvalue weighted by molar-refractivity contribution is 4.92. The van der Waals surface area contributed by atoms with Crippen molar-refractivity contribution in [1.29, 1.82) is 0 Å². The van der Waals surface area contributed by atoms with Crippen LogP contribution in [-0.2, 0) is 4.74 Å². The van der Waals surface area contributed by atoms with Crippen LogP contribution in [0.25, 0.3) is 0 Å². The van der Waals surface area contributed by atoms with Crippen LogP contribution in [0.15, 0.2) is 9.21 Å². The number of H-pyrrole nitrogens is 1. The Labute approximate surface area is 68.7 Å². The third kappa shape index (κ3) is 1.27. The van der Waals surface area contributed by atoms with Gasteiger partial charge in [0, 0.05) is 0 Å². The fourth-order valence-electron chi connectivity index (χ4n) is 1.41. The van der Waals surface area contributed by atoms with Gasteiger partial charge in [-0.25, -0.2) is 9.89 Å². The van der Waals surface area contributed by atoms with Crippen LogP contribution in [0.1, 0.15) is 25.2 Å². The van der Waals surface area contributed by atoms with Gasteiger partial charge in [0.25, 0.3) is 0 Å². The molecule has 2 heterocycles. The standard InChI is InChI=1S/C7H10N2O3/c1-4-2-5(3-11-4)6-8-9-7(10)12-6/h4-5H,2-3H2,1H3,(H,9,10). The van der Waals surface area contributed by atoms with Crippen LogP contribution in [0.2, 0.25) is 0 Å². The first-order valence-corrected chi connectivity index (χ1v) is 3.92. The number of nitrogens with zero attached hydrogens (tertiary/aromatic N) is 1. The van der Waals surface area contributed by atoms with Crippen molar-refractivity contribution in [3.63, 3.8) is 0 Å². The topological polar surface area (TPSA) is 68.1 Å². The molecule has 1 aliphatic heterocycles. The summed E-state index contributed by atoms with van der Waals surface area (Å²) in [5.41, 5.74) is 0. The number of rotatable bonds is 1. The Balaban J connectivity index is 2.16. The van der Waals surface area contributed by atoms with Crippen molar-refractivity contribution in [2.45, 2.75) is 25.4 Å². The predicted octanol–water partition coefficient (Wildman–Crippen LogP) is 0.255. The first-order chi connectivity index (χ1) is 5.75. The van der Waals surface area contributed by atoms with Gasteiger partial charge in [0.05, 0.1) is 18.6 Å². The maximum absolute atomic E-state index is 10.6. The van der Waals surface area contributed by atoms with Crippen LogP contribution in [0.3, 0.4) is 0 Å². The second-order valence-electron chi connectivity index (χ2n) is 3.03. The third-order valence-corrected chi connectivity index (χ3v) is 2.00. The number of aromatic nitrogens is 2. The molecule has 5 heteroatoms. The van der Waals surface area contributed by atoms with Crippen LogP contribution in [-0.4, -0.2) is 22.9 Å². The van der Waals surface area contributed by atoms with Crippen LogP contribution >= 0.6 is 0 Å². The molecule has 0 bridgehead atoms. The van der Waals surface area contributed by atoms with Crippen molar-refractivity contribution in [1.82, 2.24) is 10.2 Å². The van der Waals surface area contributed by atoms with Gasteiger partial charge in [-0.15, -0.1) is 5.10 Å². The summed E-state index contributed by atoms with van der Waals surface area (Å²) in [7, 11) is 0. The van der Waals surface area contributed by atoms with Gasteiger partial charge in [-0.3, -0.25) is 0 Å². The number of hydrogen-bond donors (Lipinski definition) is 1. The van der Waals surface area contributed by atoms with Crippen molar-refractivity contribution >= 4 is 0 Å². The van der Waals surface area contributed by atoms with Gasteiger partial charge in [0.1, 0.15) is 0 Å². The van der Waals surface area contributed by atoms with Gasteiger partial charge >= 0.3 is 5.76 Å². The lowest BCUT2D eigenvalue weighted by molar-refractivity contribution is 0.122. The Morgan fingerprint density at radius 1 is 1.67 bits per heavy atom. The van der Waals surface area contributed by atoms with Gasteiger partial charge in [-0.1, -0.05) is 0 Å². The minimum atomic E-state index is -0.496. The Kier molecular flexibility index (Phi) is 1.73. The number of aromatic amines is 1. The summed E-state index contributed by atoms with van der Waals surface area (Å²) in [6, 6.07) is 0. The Morgan fingerprint density at radius 3 is 3.00 bits per heavy atom. The molecule has 0 aromatic carbocycles. The SMILES string of the molecule is CC1CC(c2n[nH]c(=O)o2)CO1. The molecule has 2 unspecified atom stereocenters. The van der Waals surface area contributed by atoms with Crippen LogP contribution in [0.4, 0.5) is 0 Å². The molecule has 0 spiro atoms. The summed E-state index contributed by atoms with van der Waals surface area (Å²) in [5, 5.41) is 5.98.